The Morgan fingerprint density at radius 3 is 2.65 bits per heavy atom. The van der Waals surface area contributed by atoms with Crippen molar-refractivity contribution >= 4 is 5.97 Å². The first-order chi connectivity index (χ1) is 11.1. The van der Waals surface area contributed by atoms with E-state index in [1.54, 1.807) is 12.4 Å². The molecule has 2 rings (SSSR count). The van der Waals surface area contributed by atoms with Crippen LogP contribution in [0, 0.1) is 18.3 Å². The number of rotatable bonds is 9. The number of nitrogens with zero attached hydrogens (tertiary/aromatic N) is 1. The molecule has 1 heterocycles. The van der Waals surface area contributed by atoms with Gasteiger partial charge in [-0.1, -0.05) is 32.1 Å². The maximum absolute atomic E-state index is 11.5. The smallest absolute Gasteiger partial charge is 0.306 e. The van der Waals surface area contributed by atoms with Crippen molar-refractivity contribution < 1.29 is 9.90 Å². The van der Waals surface area contributed by atoms with Gasteiger partial charge in [0.15, 0.2) is 0 Å². The molecule has 0 aromatic carbocycles. The van der Waals surface area contributed by atoms with Crippen LogP contribution in [0.1, 0.15) is 56.9 Å². The summed E-state index contributed by atoms with van der Waals surface area (Å²) >= 11 is 0. The Morgan fingerprint density at radius 2 is 2.00 bits per heavy atom. The van der Waals surface area contributed by atoms with Gasteiger partial charge in [0.25, 0.3) is 0 Å². The lowest BCUT2D eigenvalue weighted by Crippen LogP contribution is -2.31. The third-order valence-electron chi connectivity index (χ3n) is 4.86. The van der Waals surface area contributed by atoms with Gasteiger partial charge in [-0.2, -0.15) is 0 Å². The molecule has 1 aliphatic carbocycles. The van der Waals surface area contributed by atoms with E-state index in [1.165, 1.54) is 37.7 Å². The van der Waals surface area contributed by atoms with E-state index < -0.39 is 11.9 Å². The highest BCUT2D eigenvalue weighted by molar-refractivity contribution is 5.71. The normalized spacial score (nSPS) is 18.5. The molecule has 0 spiro atoms. The van der Waals surface area contributed by atoms with Crippen molar-refractivity contribution in [1.82, 2.24) is 4.98 Å². The lowest BCUT2D eigenvalue weighted by Gasteiger charge is -2.25. The van der Waals surface area contributed by atoms with Crippen LogP contribution < -0.4 is 5.73 Å². The van der Waals surface area contributed by atoms with Gasteiger partial charge in [0, 0.05) is 18.4 Å². The molecular formula is C19H29N2O2. The highest BCUT2D eigenvalue weighted by atomic mass is 16.4. The zero-order valence-electron chi connectivity index (χ0n) is 13.9. The van der Waals surface area contributed by atoms with Crippen molar-refractivity contribution in [3.63, 3.8) is 0 Å². The first-order valence-electron chi connectivity index (χ1n) is 8.87. The first kappa shape index (κ1) is 17.9. The van der Waals surface area contributed by atoms with Crippen LogP contribution in [-0.2, 0) is 11.2 Å². The van der Waals surface area contributed by atoms with Crippen LogP contribution in [0.5, 0.6) is 0 Å². The molecule has 4 heteroatoms. The summed E-state index contributed by atoms with van der Waals surface area (Å²) in [6.45, 7) is 0. The lowest BCUT2D eigenvalue weighted by atomic mass is 9.82. The molecule has 2 atom stereocenters. The first-order valence-corrected chi connectivity index (χ1v) is 8.87. The van der Waals surface area contributed by atoms with E-state index in [0.717, 1.165) is 19.3 Å². The quantitative estimate of drug-likeness (QED) is 0.729. The van der Waals surface area contributed by atoms with E-state index in [9.17, 15) is 9.90 Å². The van der Waals surface area contributed by atoms with Crippen LogP contribution in [0.4, 0.5) is 0 Å². The van der Waals surface area contributed by atoms with Crippen molar-refractivity contribution in [2.75, 3.05) is 0 Å². The van der Waals surface area contributed by atoms with Crippen molar-refractivity contribution in [2.24, 2.45) is 17.6 Å². The Hall–Kier alpha value is -1.42. The fourth-order valence-corrected chi connectivity index (χ4v) is 3.56. The number of carboxylic acids is 1. The number of carboxylic acid groups (broad SMARTS) is 1. The third kappa shape index (κ3) is 6.69. The summed E-state index contributed by atoms with van der Waals surface area (Å²) in [6.07, 6.45) is 15.2. The molecule has 0 aliphatic heterocycles. The molecule has 1 aromatic heterocycles. The molecule has 1 aliphatic rings. The van der Waals surface area contributed by atoms with E-state index in [4.69, 9.17) is 5.73 Å². The summed E-state index contributed by atoms with van der Waals surface area (Å²) in [4.78, 5) is 15.5. The minimum Gasteiger partial charge on any atom is -0.481 e. The van der Waals surface area contributed by atoms with Crippen LogP contribution in [0.25, 0.3) is 0 Å². The molecule has 0 amide bonds. The molecule has 0 bridgehead atoms. The molecule has 0 saturated heterocycles. The molecule has 23 heavy (non-hydrogen) atoms. The van der Waals surface area contributed by atoms with Gasteiger partial charge < -0.3 is 10.8 Å². The molecule has 1 saturated carbocycles. The molecule has 3 N–H and O–H groups in total. The Balaban J connectivity index is 1.73. The topological polar surface area (TPSA) is 76.2 Å². The number of aryl methyl sites for hydroxylation is 1. The zero-order chi connectivity index (χ0) is 16.5. The number of hydrogen-bond donors (Lipinski definition) is 2. The Morgan fingerprint density at radius 1 is 1.30 bits per heavy atom. The summed E-state index contributed by atoms with van der Waals surface area (Å²) in [5.41, 5.74) is 7.40. The summed E-state index contributed by atoms with van der Waals surface area (Å²) in [5, 5.41) is 9.43. The molecule has 4 nitrogen and oxygen atoms in total. The minimum atomic E-state index is -0.751. The summed E-state index contributed by atoms with van der Waals surface area (Å²) in [5.74, 6) is -0.504. The number of pyridine rings is 1. The molecular weight excluding hydrogens is 288 g/mol. The fraction of sp³-hybridized carbons (Fsp3) is 0.632. The van der Waals surface area contributed by atoms with Gasteiger partial charge in [-0.05, 0) is 55.7 Å². The standard InChI is InChI=1S/C19H29N2O2/c20-18(13-16-5-2-1-3-6-16)14-17(19(22)23)8-4-7-15-9-11-21-12-10-15/h9-12,14,16-18H,1-8,13,20H2,(H,22,23). The number of aromatic nitrogens is 1. The molecule has 2 unspecified atom stereocenters. The summed E-state index contributed by atoms with van der Waals surface area (Å²) in [7, 11) is 0. The average molecular weight is 317 g/mol. The fourth-order valence-electron chi connectivity index (χ4n) is 3.56. The predicted octanol–water partition coefficient (Wildman–Crippen LogP) is 3.61. The average Bonchev–Trinajstić information content (AvgIpc) is 2.55. The van der Waals surface area contributed by atoms with Crippen molar-refractivity contribution in [3.05, 3.63) is 36.5 Å². The van der Waals surface area contributed by atoms with Crippen LogP contribution in [-0.4, -0.2) is 22.1 Å². The van der Waals surface area contributed by atoms with Gasteiger partial charge in [-0.25, -0.2) is 0 Å². The van der Waals surface area contributed by atoms with Crippen molar-refractivity contribution in [1.29, 1.82) is 0 Å². The predicted molar refractivity (Wildman–Crippen MR) is 91.8 cm³/mol. The highest BCUT2D eigenvalue weighted by Gasteiger charge is 2.23. The molecule has 1 aromatic rings. The number of aliphatic carboxylic acids is 1. The Bertz CT molecular complexity index is 458. The summed E-state index contributed by atoms with van der Waals surface area (Å²) in [6, 6.07) is 3.86. The number of nitrogens with two attached hydrogens (primary N) is 1. The van der Waals surface area contributed by atoms with E-state index in [-0.39, 0.29) is 6.04 Å². The van der Waals surface area contributed by atoms with Gasteiger partial charge in [-0.3, -0.25) is 9.78 Å². The second-order valence-electron chi connectivity index (χ2n) is 6.79. The van der Waals surface area contributed by atoms with E-state index in [0.29, 0.717) is 12.3 Å². The Kier molecular flexibility index (Phi) is 7.53. The van der Waals surface area contributed by atoms with E-state index in [2.05, 4.69) is 4.98 Å². The lowest BCUT2D eigenvalue weighted by molar-refractivity contribution is -0.140. The van der Waals surface area contributed by atoms with Crippen LogP contribution >= 0.6 is 0 Å². The van der Waals surface area contributed by atoms with Crippen LogP contribution in [0.15, 0.2) is 24.5 Å². The summed E-state index contributed by atoms with van der Waals surface area (Å²) < 4.78 is 0. The number of hydrogen-bond acceptors (Lipinski definition) is 3. The second-order valence-corrected chi connectivity index (χ2v) is 6.79. The molecule has 1 fully saturated rings. The molecule has 127 valence electrons. The van der Waals surface area contributed by atoms with Crippen molar-refractivity contribution in [3.8, 4) is 0 Å². The van der Waals surface area contributed by atoms with Gasteiger partial charge in [0.1, 0.15) is 0 Å². The monoisotopic (exact) mass is 317 g/mol. The van der Waals surface area contributed by atoms with Gasteiger partial charge in [0.2, 0.25) is 0 Å². The van der Waals surface area contributed by atoms with Crippen molar-refractivity contribution in [2.45, 2.75) is 63.8 Å². The molecule has 1 radical (unpaired) electrons. The highest BCUT2D eigenvalue weighted by Crippen LogP contribution is 2.28. The largest absolute Gasteiger partial charge is 0.481 e. The van der Waals surface area contributed by atoms with E-state index >= 15 is 0 Å². The minimum absolute atomic E-state index is 0.0971. The maximum atomic E-state index is 11.5. The SMILES string of the molecule is NC([CH]C(CCCc1ccncc1)C(=O)O)CC1CCCCC1. The van der Waals surface area contributed by atoms with Gasteiger partial charge in [-0.15, -0.1) is 0 Å². The number of carbonyl (C=O) groups is 1. The van der Waals surface area contributed by atoms with Crippen LogP contribution in [0.2, 0.25) is 0 Å². The maximum Gasteiger partial charge on any atom is 0.306 e. The van der Waals surface area contributed by atoms with Crippen LogP contribution in [0.3, 0.4) is 0 Å². The Labute approximate surface area is 139 Å². The van der Waals surface area contributed by atoms with E-state index in [1.807, 2.05) is 18.6 Å². The zero-order valence-corrected chi connectivity index (χ0v) is 13.9. The van der Waals surface area contributed by atoms with Gasteiger partial charge in [0.05, 0.1) is 5.92 Å². The second kappa shape index (κ2) is 9.66. The van der Waals surface area contributed by atoms with Gasteiger partial charge >= 0.3 is 5.97 Å². The third-order valence-corrected chi connectivity index (χ3v) is 4.86.